The van der Waals surface area contributed by atoms with Crippen LogP contribution in [0.3, 0.4) is 0 Å². The monoisotopic (exact) mass is 741 g/mol. The van der Waals surface area contributed by atoms with Crippen LogP contribution >= 0.6 is 11.6 Å². The second kappa shape index (κ2) is 20.1. The van der Waals surface area contributed by atoms with Gasteiger partial charge in [-0.3, -0.25) is 14.4 Å². The molecule has 8 heteroatoms. The van der Waals surface area contributed by atoms with Gasteiger partial charge >= 0.3 is 5.97 Å². The van der Waals surface area contributed by atoms with Crippen molar-refractivity contribution in [1.29, 1.82) is 0 Å². The van der Waals surface area contributed by atoms with E-state index in [1.807, 2.05) is 75.4 Å². The van der Waals surface area contributed by atoms with Gasteiger partial charge in [-0.2, -0.15) is 0 Å². The van der Waals surface area contributed by atoms with Crippen molar-refractivity contribution in [2.45, 2.75) is 128 Å². The Morgan fingerprint density at radius 2 is 1.38 bits per heavy atom. The van der Waals surface area contributed by atoms with E-state index in [0.29, 0.717) is 36.1 Å². The summed E-state index contributed by atoms with van der Waals surface area (Å²) >= 11 is 7.01. The average Bonchev–Trinajstić information content (AvgIpc) is 3.72. The van der Waals surface area contributed by atoms with Crippen LogP contribution in [0.15, 0.2) is 78.9 Å². The zero-order valence-electron chi connectivity index (χ0n) is 32.1. The molecule has 3 aromatic rings. The fourth-order valence-electron chi connectivity index (χ4n) is 8.13. The number of nitrogens with zero attached hydrogens (tertiary/aromatic N) is 1. The third-order valence-electron chi connectivity index (χ3n) is 11.1. The van der Waals surface area contributed by atoms with Crippen molar-refractivity contribution in [3.05, 3.63) is 106 Å². The molecule has 1 saturated carbocycles. The largest absolute Gasteiger partial charge is 0.444 e. The number of amides is 2. The molecule has 1 aliphatic heterocycles. The Kier molecular flexibility index (Phi) is 15.4. The molecule has 2 aliphatic rings. The molecule has 1 saturated heterocycles. The first-order valence-electron chi connectivity index (χ1n) is 20.2. The van der Waals surface area contributed by atoms with Gasteiger partial charge in [-0.25, -0.2) is 0 Å². The lowest BCUT2D eigenvalue weighted by Gasteiger charge is -2.36. The van der Waals surface area contributed by atoms with E-state index in [1.165, 1.54) is 63.4 Å². The number of hydrogen-bond acceptors (Lipinski definition) is 5. The van der Waals surface area contributed by atoms with Crippen LogP contribution in [0.2, 0.25) is 5.02 Å². The summed E-state index contributed by atoms with van der Waals surface area (Å²) in [5.41, 5.74) is 2.02. The summed E-state index contributed by atoms with van der Waals surface area (Å²) in [5, 5.41) is 6.75. The van der Waals surface area contributed by atoms with Crippen LogP contribution in [-0.4, -0.2) is 54.4 Å². The van der Waals surface area contributed by atoms with Gasteiger partial charge in [-0.05, 0) is 62.1 Å². The number of nitrogens with one attached hydrogen (secondary N) is 2. The second-order valence-electron chi connectivity index (χ2n) is 15.3. The zero-order chi connectivity index (χ0) is 37.6. The second-order valence-corrected chi connectivity index (χ2v) is 15.8. The van der Waals surface area contributed by atoms with E-state index in [0.717, 1.165) is 30.4 Å². The molecule has 1 unspecified atom stereocenters. The normalized spacial score (nSPS) is 18.2. The van der Waals surface area contributed by atoms with E-state index < -0.39 is 23.7 Å². The van der Waals surface area contributed by atoms with Gasteiger partial charge in [0.05, 0.1) is 12.5 Å². The van der Waals surface area contributed by atoms with Gasteiger partial charge in [-0.1, -0.05) is 150 Å². The highest BCUT2D eigenvalue weighted by atomic mass is 35.5. The highest BCUT2D eigenvalue weighted by Crippen LogP contribution is 2.44. The fraction of sp³-hybridized carbons (Fsp3) is 0.533. The molecule has 1 aliphatic carbocycles. The summed E-state index contributed by atoms with van der Waals surface area (Å²) in [6, 6.07) is 24.2. The highest BCUT2D eigenvalue weighted by molar-refractivity contribution is 6.31. The lowest BCUT2D eigenvalue weighted by atomic mass is 9.78. The van der Waals surface area contributed by atoms with Gasteiger partial charge in [-0.15, -0.1) is 0 Å². The third-order valence-corrected chi connectivity index (χ3v) is 11.4. The SMILES string of the molecule is CCCN[C@H](C(=O)N[C@@H](CC(=O)OC(c1ccccc1)(c1ccc(C2CCCCCCCCC2)cc1)c1ccccc1Cl)C(=O)N1CCCC1)C(C)C. The number of hydrogen-bond donors (Lipinski definition) is 2. The van der Waals surface area contributed by atoms with Gasteiger partial charge in [0.25, 0.3) is 0 Å². The standard InChI is InChI=1S/C45H60ClN3O4/c1-4-29-47-42(33(2)3)43(51)48-40(44(52)49-30-17-18-31-49)32-41(50)53-45(36-21-13-10-14-22-36,38-23-15-16-24-39(38)46)37-27-25-35(26-28-37)34-19-11-8-6-5-7-9-12-20-34/h10,13-16,21-28,33-34,40,42,47H,4-9,11-12,17-20,29-32H2,1-3H3,(H,48,51)/t40-,42-,45?/m0/s1. The smallest absolute Gasteiger partial charge is 0.310 e. The number of halogens is 1. The highest BCUT2D eigenvalue weighted by Gasteiger charge is 2.43. The summed E-state index contributed by atoms with van der Waals surface area (Å²) in [7, 11) is 0. The average molecular weight is 742 g/mol. The van der Waals surface area contributed by atoms with Crippen molar-refractivity contribution in [1.82, 2.24) is 15.5 Å². The summed E-state index contributed by atoms with van der Waals surface area (Å²) in [6.45, 7) is 7.86. The summed E-state index contributed by atoms with van der Waals surface area (Å²) in [4.78, 5) is 44.0. The van der Waals surface area contributed by atoms with Crippen LogP contribution in [-0.2, 0) is 24.7 Å². The number of likely N-dealkylation sites (tertiary alicyclic amines) is 1. The number of esters is 1. The van der Waals surface area contributed by atoms with E-state index in [2.05, 4.69) is 34.9 Å². The molecular weight excluding hydrogens is 682 g/mol. The van der Waals surface area contributed by atoms with Crippen LogP contribution in [0.1, 0.15) is 132 Å². The van der Waals surface area contributed by atoms with Crippen LogP contribution in [0.4, 0.5) is 0 Å². The molecule has 53 heavy (non-hydrogen) atoms. The van der Waals surface area contributed by atoms with Crippen LogP contribution < -0.4 is 10.6 Å². The summed E-state index contributed by atoms with van der Waals surface area (Å²) < 4.78 is 6.77. The third kappa shape index (κ3) is 10.5. The Morgan fingerprint density at radius 3 is 1.98 bits per heavy atom. The molecule has 3 atom stereocenters. The van der Waals surface area contributed by atoms with Crippen LogP contribution in [0.5, 0.6) is 0 Å². The Balaban J connectivity index is 1.52. The quantitative estimate of drug-likeness (QED) is 0.127. The van der Waals surface area contributed by atoms with Gasteiger partial charge in [0.1, 0.15) is 6.04 Å². The van der Waals surface area contributed by atoms with E-state index in [-0.39, 0.29) is 24.2 Å². The summed E-state index contributed by atoms with van der Waals surface area (Å²) in [6.07, 6.45) is 13.7. The summed E-state index contributed by atoms with van der Waals surface area (Å²) in [5.74, 6) is -0.690. The van der Waals surface area contributed by atoms with Crippen molar-refractivity contribution in [3.63, 3.8) is 0 Å². The van der Waals surface area contributed by atoms with Crippen LogP contribution in [0.25, 0.3) is 0 Å². The topological polar surface area (TPSA) is 87.7 Å². The minimum atomic E-state index is -1.42. The lowest BCUT2D eigenvalue weighted by Crippen LogP contribution is -2.55. The van der Waals surface area contributed by atoms with E-state index in [4.69, 9.17) is 16.3 Å². The first-order valence-corrected chi connectivity index (χ1v) is 20.6. The number of carbonyl (C=O) groups excluding carboxylic acids is 3. The lowest BCUT2D eigenvalue weighted by molar-refractivity contribution is -0.156. The van der Waals surface area contributed by atoms with Gasteiger partial charge < -0.3 is 20.3 Å². The molecule has 5 rings (SSSR count). The minimum absolute atomic E-state index is 0.0126. The fourth-order valence-corrected chi connectivity index (χ4v) is 8.40. The molecule has 2 N–H and O–H groups in total. The number of rotatable bonds is 14. The molecule has 1 heterocycles. The predicted molar refractivity (Wildman–Crippen MR) is 214 cm³/mol. The Labute approximate surface area is 322 Å². The van der Waals surface area contributed by atoms with Crippen molar-refractivity contribution >= 4 is 29.4 Å². The van der Waals surface area contributed by atoms with Gasteiger partial charge in [0.2, 0.25) is 11.8 Å². The van der Waals surface area contributed by atoms with Crippen molar-refractivity contribution in [3.8, 4) is 0 Å². The number of benzene rings is 3. The molecule has 0 aromatic heterocycles. The minimum Gasteiger partial charge on any atom is -0.444 e. The Morgan fingerprint density at radius 1 is 0.792 bits per heavy atom. The maximum atomic E-state index is 14.5. The van der Waals surface area contributed by atoms with Crippen LogP contribution in [0, 0.1) is 5.92 Å². The zero-order valence-corrected chi connectivity index (χ0v) is 32.8. The molecule has 2 amide bonds. The molecule has 7 nitrogen and oxygen atoms in total. The molecule has 3 aromatic carbocycles. The van der Waals surface area contributed by atoms with E-state index in [1.54, 1.807) is 4.90 Å². The molecule has 0 spiro atoms. The van der Waals surface area contributed by atoms with E-state index >= 15 is 0 Å². The predicted octanol–water partition coefficient (Wildman–Crippen LogP) is 9.30. The van der Waals surface area contributed by atoms with Gasteiger partial charge in [0.15, 0.2) is 5.60 Å². The number of carbonyl (C=O) groups is 3. The maximum absolute atomic E-state index is 14.5. The molecule has 2 fully saturated rings. The first-order chi connectivity index (χ1) is 25.7. The van der Waals surface area contributed by atoms with Gasteiger partial charge in [0, 0.05) is 34.8 Å². The Hall–Kier alpha value is -3.68. The molecule has 0 radical (unpaired) electrons. The molecule has 286 valence electrons. The van der Waals surface area contributed by atoms with Crippen molar-refractivity contribution in [2.75, 3.05) is 19.6 Å². The maximum Gasteiger partial charge on any atom is 0.310 e. The molecular formula is C45H60ClN3O4. The number of ether oxygens (including phenoxy) is 1. The van der Waals surface area contributed by atoms with Crippen molar-refractivity contribution in [2.24, 2.45) is 5.92 Å². The Bertz CT molecular complexity index is 1600. The first kappa shape index (κ1) is 40.5. The molecule has 0 bridgehead atoms. The van der Waals surface area contributed by atoms with E-state index in [9.17, 15) is 14.4 Å². The van der Waals surface area contributed by atoms with Crippen molar-refractivity contribution < 1.29 is 19.1 Å².